The van der Waals surface area contributed by atoms with E-state index in [9.17, 15) is 4.79 Å². The molecule has 0 aliphatic heterocycles. The molecule has 1 atom stereocenters. The Hall–Kier alpha value is -1.59. The van der Waals surface area contributed by atoms with Gasteiger partial charge in [0.15, 0.2) is 0 Å². The van der Waals surface area contributed by atoms with E-state index in [4.69, 9.17) is 9.47 Å². The first-order valence-corrected chi connectivity index (χ1v) is 7.25. The minimum Gasteiger partial charge on any atom is -0.497 e. The van der Waals surface area contributed by atoms with Gasteiger partial charge in [-0.2, -0.15) is 0 Å². The highest BCUT2D eigenvalue weighted by atomic mass is 16.5. The standard InChI is InChI=1S/C16H26N2O3/c1-5-21-16(19)9-10-17-12-15(18(2)3)13-7-6-8-14(11-13)20-4/h6-8,11,15,17H,5,9-10,12H2,1-4H3. The smallest absolute Gasteiger partial charge is 0.307 e. The van der Waals surface area contributed by atoms with Gasteiger partial charge in [-0.25, -0.2) is 0 Å². The van der Waals surface area contributed by atoms with E-state index in [0.29, 0.717) is 19.6 Å². The number of likely N-dealkylation sites (N-methyl/N-ethyl adjacent to an activating group) is 1. The summed E-state index contributed by atoms with van der Waals surface area (Å²) >= 11 is 0. The Labute approximate surface area is 127 Å². The van der Waals surface area contributed by atoms with Crippen LogP contribution in [0, 0.1) is 0 Å². The first-order valence-electron chi connectivity index (χ1n) is 7.25. The molecule has 0 aliphatic carbocycles. The quantitative estimate of drug-likeness (QED) is 0.556. The molecule has 0 fully saturated rings. The van der Waals surface area contributed by atoms with Gasteiger partial charge in [0.25, 0.3) is 0 Å². The predicted octanol–water partition coefficient (Wildman–Crippen LogP) is 1.84. The number of nitrogens with one attached hydrogen (secondary N) is 1. The molecule has 21 heavy (non-hydrogen) atoms. The molecule has 0 aromatic heterocycles. The number of nitrogens with zero attached hydrogens (tertiary/aromatic N) is 1. The van der Waals surface area contributed by atoms with Crippen LogP contribution in [-0.2, 0) is 9.53 Å². The SMILES string of the molecule is CCOC(=O)CCNCC(c1cccc(OC)c1)N(C)C. The zero-order valence-electron chi connectivity index (χ0n) is 13.4. The number of methoxy groups -OCH3 is 1. The summed E-state index contributed by atoms with van der Waals surface area (Å²) in [5.41, 5.74) is 1.18. The van der Waals surface area contributed by atoms with Gasteiger partial charge in [-0.05, 0) is 38.7 Å². The fraction of sp³-hybridized carbons (Fsp3) is 0.562. The molecular formula is C16H26N2O3. The zero-order chi connectivity index (χ0) is 15.7. The molecule has 1 N–H and O–H groups in total. The maximum atomic E-state index is 11.3. The van der Waals surface area contributed by atoms with Gasteiger partial charge < -0.3 is 19.7 Å². The summed E-state index contributed by atoms with van der Waals surface area (Å²) in [5, 5.41) is 3.31. The van der Waals surface area contributed by atoms with Crippen LogP contribution < -0.4 is 10.1 Å². The van der Waals surface area contributed by atoms with Crippen molar-refractivity contribution in [2.45, 2.75) is 19.4 Å². The van der Waals surface area contributed by atoms with Crippen molar-refractivity contribution in [1.82, 2.24) is 10.2 Å². The fourth-order valence-corrected chi connectivity index (χ4v) is 2.11. The minimum absolute atomic E-state index is 0.159. The molecule has 0 aliphatic rings. The lowest BCUT2D eigenvalue weighted by molar-refractivity contribution is -0.142. The fourth-order valence-electron chi connectivity index (χ4n) is 2.11. The van der Waals surface area contributed by atoms with Crippen LogP contribution in [0.3, 0.4) is 0 Å². The molecule has 118 valence electrons. The molecule has 0 amide bonds. The lowest BCUT2D eigenvalue weighted by atomic mass is 10.1. The molecule has 0 bridgehead atoms. The van der Waals surface area contributed by atoms with Crippen LogP contribution >= 0.6 is 0 Å². The van der Waals surface area contributed by atoms with E-state index < -0.39 is 0 Å². The largest absolute Gasteiger partial charge is 0.497 e. The van der Waals surface area contributed by atoms with E-state index in [1.807, 2.05) is 39.2 Å². The van der Waals surface area contributed by atoms with Crippen molar-refractivity contribution in [2.75, 3.05) is 40.9 Å². The second kappa shape index (κ2) is 9.37. The van der Waals surface area contributed by atoms with Crippen LogP contribution in [0.1, 0.15) is 24.9 Å². The molecule has 1 unspecified atom stereocenters. The number of benzene rings is 1. The van der Waals surface area contributed by atoms with Gasteiger partial charge in [-0.15, -0.1) is 0 Å². The third kappa shape index (κ3) is 6.14. The van der Waals surface area contributed by atoms with Crippen LogP contribution in [-0.4, -0.2) is 51.8 Å². The van der Waals surface area contributed by atoms with Crippen molar-refractivity contribution in [3.8, 4) is 5.75 Å². The summed E-state index contributed by atoms with van der Waals surface area (Å²) in [6.07, 6.45) is 0.395. The highest BCUT2D eigenvalue weighted by molar-refractivity contribution is 5.69. The number of hydrogen-bond donors (Lipinski definition) is 1. The lowest BCUT2D eigenvalue weighted by Crippen LogP contribution is -2.32. The molecular weight excluding hydrogens is 268 g/mol. The molecule has 5 heteroatoms. The van der Waals surface area contributed by atoms with E-state index in [1.165, 1.54) is 5.56 Å². The zero-order valence-corrected chi connectivity index (χ0v) is 13.4. The summed E-state index contributed by atoms with van der Waals surface area (Å²) in [4.78, 5) is 13.4. The van der Waals surface area contributed by atoms with Gasteiger partial charge in [0.05, 0.1) is 20.1 Å². The van der Waals surface area contributed by atoms with Gasteiger partial charge in [0, 0.05) is 19.1 Å². The molecule has 0 saturated carbocycles. The van der Waals surface area contributed by atoms with Crippen LogP contribution in [0.5, 0.6) is 5.75 Å². The Morgan fingerprint density at radius 1 is 1.38 bits per heavy atom. The Balaban J connectivity index is 2.52. The number of carbonyl (C=O) groups is 1. The van der Waals surface area contributed by atoms with Gasteiger partial charge in [-0.3, -0.25) is 4.79 Å². The third-order valence-electron chi connectivity index (χ3n) is 3.25. The van der Waals surface area contributed by atoms with Gasteiger partial charge in [-0.1, -0.05) is 12.1 Å². The highest BCUT2D eigenvalue weighted by Crippen LogP contribution is 2.21. The van der Waals surface area contributed by atoms with E-state index in [-0.39, 0.29) is 12.0 Å². The molecule has 1 aromatic rings. The second-order valence-corrected chi connectivity index (χ2v) is 5.02. The average molecular weight is 294 g/mol. The molecule has 0 radical (unpaired) electrons. The van der Waals surface area contributed by atoms with E-state index in [0.717, 1.165) is 12.3 Å². The van der Waals surface area contributed by atoms with Crippen LogP contribution in [0.15, 0.2) is 24.3 Å². The molecule has 0 heterocycles. The van der Waals surface area contributed by atoms with Crippen LogP contribution in [0.25, 0.3) is 0 Å². The van der Waals surface area contributed by atoms with E-state index in [1.54, 1.807) is 7.11 Å². The van der Waals surface area contributed by atoms with Crippen molar-refractivity contribution in [1.29, 1.82) is 0 Å². The number of rotatable bonds is 9. The second-order valence-electron chi connectivity index (χ2n) is 5.02. The van der Waals surface area contributed by atoms with Gasteiger partial charge in [0.1, 0.15) is 5.75 Å². The lowest BCUT2D eigenvalue weighted by Gasteiger charge is -2.25. The molecule has 5 nitrogen and oxygen atoms in total. The van der Waals surface area contributed by atoms with E-state index >= 15 is 0 Å². The Morgan fingerprint density at radius 2 is 2.14 bits per heavy atom. The first-order chi connectivity index (χ1) is 10.1. The van der Waals surface area contributed by atoms with E-state index in [2.05, 4.69) is 16.3 Å². The molecule has 1 aromatic carbocycles. The minimum atomic E-state index is -0.159. The highest BCUT2D eigenvalue weighted by Gasteiger charge is 2.14. The summed E-state index contributed by atoms with van der Waals surface area (Å²) in [7, 11) is 5.75. The molecule has 0 spiro atoms. The monoisotopic (exact) mass is 294 g/mol. The summed E-state index contributed by atoms with van der Waals surface area (Å²) in [6, 6.07) is 8.27. The van der Waals surface area contributed by atoms with Crippen molar-refractivity contribution in [2.24, 2.45) is 0 Å². The van der Waals surface area contributed by atoms with Crippen LogP contribution in [0.2, 0.25) is 0 Å². The Morgan fingerprint density at radius 3 is 2.76 bits per heavy atom. The summed E-state index contributed by atoms with van der Waals surface area (Å²) in [6.45, 7) is 3.63. The van der Waals surface area contributed by atoms with Crippen LogP contribution in [0.4, 0.5) is 0 Å². The number of carbonyl (C=O) groups excluding carboxylic acids is 1. The van der Waals surface area contributed by atoms with Gasteiger partial charge in [0.2, 0.25) is 0 Å². The summed E-state index contributed by atoms with van der Waals surface area (Å²) in [5.74, 6) is 0.693. The first kappa shape index (κ1) is 17.5. The predicted molar refractivity (Wildman–Crippen MR) is 83.5 cm³/mol. The Kier molecular flexibility index (Phi) is 7.79. The third-order valence-corrected chi connectivity index (χ3v) is 3.25. The van der Waals surface area contributed by atoms with Crippen molar-refractivity contribution in [3.05, 3.63) is 29.8 Å². The van der Waals surface area contributed by atoms with Gasteiger partial charge >= 0.3 is 5.97 Å². The topological polar surface area (TPSA) is 50.8 Å². The number of esters is 1. The van der Waals surface area contributed by atoms with Crippen molar-refractivity contribution < 1.29 is 14.3 Å². The summed E-state index contributed by atoms with van der Waals surface area (Å²) < 4.78 is 10.2. The Bertz CT molecular complexity index is 435. The van der Waals surface area contributed by atoms with Crippen molar-refractivity contribution >= 4 is 5.97 Å². The van der Waals surface area contributed by atoms with Crippen molar-refractivity contribution in [3.63, 3.8) is 0 Å². The maximum Gasteiger partial charge on any atom is 0.307 e. The number of hydrogen-bond acceptors (Lipinski definition) is 5. The normalized spacial score (nSPS) is 12.2. The number of ether oxygens (including phenoxy) is 2. The maximum absolute atomic E-state index is 11.3. The molecule has 0 saturated heterocycles. The molecule has 1 rings (SSSR count). The average Bonchev–Trinajstić information content (AvgIpc) is 2.47.